The Morgan fingerprint density at radius 2 is 2.14 bits per heavy atom. The second-order valence-corrected chi connectivity index (χ2v) is 5.96. The van der Waals surface area contributed by atoms with Crippen molar-refractivity contribution in [2.75, 3.05) is 11.9 Å². The van der Waals surface area contributed by atoms with Crippen molar-refractivity contribution in [3.05, 3.63) is 12.5 Å². The van der Waals surface area contributed by atoms with Gasteiger partial charge in [-0.05, 0) is 18.3 Å². The molecule has 7 heteroatoms. The maximum Gasteiger partial charge on any atom is 0.303 e. The first kappa shape index (κ1) is 15.2. The molecule has 0 aromatic carbocycles. The highest BCUT2D eigenvalue weighted by molar-refractivity contribution is 5.85. The molecule has 0 saturated heterocycles. The van der Waals surface area contributed by atoms with E-state index in [1.165, 1.54) is 6.33 Å². The molecule has 0 amide bonds. The zero-order chi connectivity index (χ0) is 15.5. The molecular weight excluding hydrogens is 270 g/mol. The van der Waals surface area contributed by atoms with Gasteiger partial charge >= 0.3 is 5.97 Å². The van der Waals surface area contributed by atoms with E-state index in [0.717, 1.165) is 29.8 Å². The molecule has 2 heterocycles. The molecule has 0 spiro atoms. The van der Waals surface area contributed by atoms with E-state index in [-0.39, 0.29) is 11.8 Å². The summed E-state index contributed by atoms with van der Waals surface area (Å²) in [7, 11) is 1.84. The molecule has 2 aromatic heterocycles. The molecule has 7 nitrogen and oxygen atoms in total. The topological polar surface area (TPSA) is 92.9 Å². The Kier molecular flexibility index (Phi) is 4.40. The van der Waals surface area contributed by atoms with E-state index >= 15 is 0 Å². The van der Waals surface area contributed by atoms with Gasteiger partial charge in [0.2, 0.25) is 0 Å². The summed E-state index contributed by atoms with van der Waals surface area (Å²) in [6.07, 6.45) is 4.99. The molecule has 0 bridgehead atoms. The average Bonchev–Trinajstić information content (AvgIpc) is 2.80. The maximum absolute atomic E-state index is 10.6. The Morgan fingerprint density at radius 1 is 1.38 bits per heavy atom. The standard InChI is InChI=1S/C14H21N5O2/c1-14(2,5-4-11(20)21)6-7-15-12-10-8-18-19(3)13(10)17-9-16-12/h8-9H,4-7H2,1-3H3,(H,20,21)(H,15,16,17). The number of carbonyl (C=O) groups is 1. The van der Waals surface area contributed by atoms with Crippen LogP contribution in [0, 0.1) is 5.41 Å². The summed E-state index contributed by atoms with van der Waals surface area (Å²) in [5.74, 6) is 0.0195. The number of aromatic nitrogens is 4. The van der Waals surface area contributed by atoms with Gasteiger partial charge in [-0.3, -0.25) is 9.48 Å². The quantitative estimate of drug-likeness (QED) is 0.811. The van der Waals surface area contributed by atoms with Crippen LogP contribution in [0.1, 0.15) is 33.1 Å². The summed E-state index contributed by atoms with van der Waals surface area (Å²) < 4.78 is 1.71. The van der Waals surface area contributed by atoms with Crippen LogP contribution in [0.2, 0.25) is 0 Å². The zero-order valence-corrected chi connectivity index (χ0v) is 12.6. The molecular formula is C14H21N5O2. The highest BCUT2D eigenvalue weighted by Gasteiger charge is 2.19. The van der Waals surface area contributed by atoms with Crippen molar-refractivity contribution >= 4 is 22.8 Å². The van der Waals surface area contributed by atoms with E-state index in [9.17, 15) is 4.79 Å². The lowest BCUT2D eigenvalue weighted by molar-refractivity contribution is -0.137. The van der Waals surface area contributed by atoms with Crippen molar-refractivity contribution in [3.63, 3.8) is 0 Å². The number of anilines is 1. The van der Waals surface area contributed by atoms with Gasteiger partial charge in [0.1, 0.15) is 12.1 Å². The average molecular weight is 291 g/mol. The van der Waals surface area contributed by atoms with Gasteiger partial charge in [-0.1, -0.05) is 13.8 Å². The van der Waals surface area contributed by atoms with Crippen LogP contribution in [-0.4, -0.2) is 37.4 Å². The molecule has 2 N–H and O–H groups in total. The lowest BCUT2D eigenvalue weighted by atomic mass is 9.84. The predicted octanol–water partition coefficient (Wildman–Crippen LogP) is 2.06. The van der Waals surface area contributed by atoms with Crippen LogP contribution >= 0.6 is 0 Å². The Hall–Kier alpha value is -2.18. The van der Waals surface area contributed by atoms with Gasteiger partial charge in [0.05, 0.1) is 11.6 Å². The minimum absolute atomic E-state index is 0.0214. The van der Waals surface area contributed by atoms with Gasteiger partial charge in [0, 0.05) is 20.0 Å². The number of hydrogen-bond donors (Lipinski definition) is 2. The van der Waals surface area contributed by atoms with Crippen LogP contribution < -0.4 is 5.32 Å². The lowest BCUT2D eigenvalue weighted by Gasteiger charge is -2.24. The van der Waals surface area contributed by atoms with Crippen LogP contribution in [0.3, 0.4) is 0 Å². The van der Waals surface area contributed by atoms with Crippen molar-refractivity contribution in [1.82, 2.24) is 19.7 Å². The van der Waals surface area contributed by atoms with Crippen molar-refractivity contribution in [3.8, 4) is 0 Å². The number of aliphatic carboxylic acids is 1. The van der Waals surface area contributed by atoms with Crippen LogP contribution in [0.4, 0.5) is 5.82 Å². The largest absolute Gasteiger partial charge is 0.481 e. The smallest absolute Gasteiger partial charge is 0.303 e. The van der Waals surface area contributed by atoms with Crippen molar-refractivity contribution < 1.29 is 9.90 Å². The monoisotopic (exact) mass is 291 g/mol. The third kappa shape index (κ3) is 3.90. The molecule has 0 aliphatic carbocycles. The molecule has 0 unspecified atom stereocenters. The maximum atomic E-state index is 10.6. The first-order valence-corrected chi connectivity index (χ1v) is 6.97. The highest BCUT2D eigenvalue weighted by atomic mass is 16.4. The lowest BCUT2D eigenvalue weighted by Crippen LogP contribution is -2.18. The van der Waals surface area contributed by atoms with Gasteiger partial charge in [0.25, 0.3) is 0 Å². The van der Waals surface area contributed by atoms with Gasteiger partial charge in [-0.15, -0.1) is 0 Å². The van der Waals surface area contributed by atoms with Crippen molar-refractivity contribution in [2.45, 2.75) is 33.1 Å². The number of carboxylic acid groups (broad SMARTS) is 1. The van der Waals surface area contributed by atoms with Gasteiger partial charge in [0.15, 0.2) is 5.65 Å². The Balaban J connectivity index is 1.94. The number of hydrogen-bond acceptors (Lipinski definition) is 5. The fourth-order valence-corrected chi connectivity index (χ4v) is 2.19. The molecule has 0 atom stereocenters. The molecule has 0 radical (unpaired) electrons. The van der Waals surface area contributed by atoms with Crippen LogP contribution in [0.25, 0.3) is 11.0 Å². The zero-order valence-electron chi connectivity index (χ0n) is 12.6. The number of nitrogens with one attached hydrogen (secondary N) is 1. The van der Waals surface area contributed by atoms with E-state index in [0.29, 0.717) is 6.42 Å². The van der Waals surface area contributed by atoms with Gasteiger partial charge < -0.3 is 10.4 Å². The Bertz CT molecular complexity index is 635. The molecule has 2 aromatic rings. The summed E-state index contributed by atoms with van der Waals surface area (Å²) in [6.45, 7) is 4.89. The van der Waals surface area contributed by atoms with E-state index in [4.69, 9.17) is 5.11 Å². The van der Waals surface area contributed by atoms with E-state index in [2.05, 4.69) is 34.2 Å². The SMILES string of the molecule is Cn1ncc2c(NCCC(C)(C)CCC(=O)O)ncnc21. The number of rotatable bonds is 7. The summed E-state index contributed by atoms with van der Waals surface area (Å²) in [5, 5.41) is 17.1. The molecule has 114 valence electrons. The Labute approximate surface area is 123 Å². The van der Waals surface area contributed by atoms with E-state index in [1.54, 1.807) is 10.9 Å². The van der Waals surface area contributed by atoms with Crippen LogP contribution in [0.15, 0.2) is 12.5 Å². The summed E-state index contributed by atoms with van der Waals surface area (Å²) in [4.78, 5) is 19.1. The van der Waals surface area contributed by atoms with E-state index in [1.807, 2.05) is 7.05 Å². The molecule has 2 rings (SSSR count). The van der Waals surface area contributed by atoms with Crippen LogP contribution in [0.5, 0.6) is 0 Å². The molecule has 0 fully saturated rings. The normalized spacial score (nSPS) is 11.8. The molecule has 0 aliphatic heterocycles. The number of aryl methyl sites for hydroxylation is 1. The fraction of sp³-hybridized carbons (Fsp3) is 0.571. The van der Waals surface area contributed by atoms with E-state index < -0.39 is 5.97 Å². The first-order valence-electron chi connectivity index (χ1n) is 6.97. The number of nitrogens with zero attached hydrogens (tertiary/aromatic N) is 4. The minimum atomic E-state index is -0.746. The second kappa shape index (κ2) is 6.07. The minimum Gasteiger partial charge on any atom is -0.481 e. The Morgan fingerprint density at radius 3 is 2.86 bits per heavy atom. The molecule has 0 aliphatic rings. The summed E-state index contributed by atoms with van der Waals surface area (Å²) in [6, 6.07) is 0. The van der Waals surface area contributed by atoms with Crippen LogP contribution in [-0.2, 0) is 11.8 Å². The molecule has 0 saturated carbocycles. The predicted molar refractivity (Wildman–Crippen MR) is 80.1 cm³/mol. The second-order valence-electron chi connectivity index (χ2n) is 5.96. The third-order valence-corrected chi connectivity index (χ3v) is 3.64. The highest BCUT2D eigenvalue weighted by Crippen LogP contribution is 2.27. The van der Waals surface area contributed by atoms with Crippen molar-refractivity contribution in [2.24, 2.45) is 12.5 Å². The molecule has 21 heavy (non-hydrogen) atoms. The first-order chi connectivity index (χ1) is 9.89. The number of fused-ring (bicyclic) bond motifs is 1. The number of carboxylic acids is 1. The van der Waals surface area contributed by atoms with Gasteiger partial charge in [-0.25, -0.2) is 9.97 Å². The van der Waals surface area contributed by atoms with Crippen molar-refractivity contribution in [1.29, 1.82) is 0 Å². The fourth-order valence-electron chi connectivity index (χ4n) is 2.19. The van der Waals surface area contributed by atoms with Gasteiger partial charge in [-0.2, -0.15) is 5.10 Å². The summed E-state index contributed by atoms with van der Waals surface area (Å²) >= 11 is 0. The summed E-state index contributed by atoms with van der Waals surface area (Å²) in [5.41, 5.74) is 0.768. The third-order valence-electron chi connectivity index (χ3n) is 3.64.